The largest absolute Gasteiger partial charge is 0.416 e. The van der Waals surface area contributed by atoms with Crippen LogP contribution in [-0.4, -0.2) is 19.3 Å². The van der Waals surface area contributed by atoms with Crippen molar-refractivity contribution < 1.29 is 17.9 Å². The van der Waals surface area contributed by atoms with E-state index in [2.05, 4.69) is 5.32 Å². The molecular weight excluding hydrogens is 255 g/mol. The van der Waals surface area contributed by atoms with E-state index in [1.807, 2.05) is 6.92 Å². The molecule has 0 spiro atoms. The van der Waals surface area contributed by atoms with Crippen LogP contribution in [0.2, 0.25) is 0 Å². The number of nitrogens with one attached hydrogen (secondary N) is 1. The van der Waals surface area contributed by atoms with Crippen LogP contribution in [0.15, 0.2) is 18.2 Å². The van der Waals surface area contributed by atoms with E-state index in [1.54, 1.807) is 6.92 Å². The second-order valence-electron chi connectivity index (χ2n) is 5.08. The highest BCUT2D eigenvalue weighted by Gasteiger charge is 2.31. The van der Waals surface area contributed by atoms with E-state index in [4.69, 9.17) is 4.74 Å². The first-order chi connectivity index (χ1) is 8.88. The second-order valence-corrected chi connectivity index (χ2v) is 5.08. The van der Waals surface area contributed by atoms with Gasteiger partial charge < -0.3 is 10.1 Å². The Morgan fingerprint density at radius 3 is 2.68 bits per heavy atom. The van der Waals surface area contributed by atoms with Gasteiger partial charge in [0.1, 0.15) is 0 Å². The molecule has 0 saturated carbocycles. The highest BCUT2D eigenvalue weighted by molar-refractivity contribution is 5.53. The van der Waals surface area contributed by atoms with Crippen molar-refractivity contribution in [2.24, 2.45) is 5.92 Å². The summed E-state index contributed by atoms with van der Waals surface area (Å²) in [5.41, 5.74) is 0.753. The quantitative estimate of drug-likeness (QED) is 0.903. The zero-order valence-corrected chi connectivity index (χ0v) is 11.1. The molecule has 2 nitrogen and oxygen atoms in total. The summed E-state index contributed by atoms with van der Waals surface area (Å²) in [4.78, 5) is 0. The lowest BCUT2D eigenvalue weighted by molar-refractivity contribution is -0.137. The molecule has 2 rings (SSSR count). The number of alkyl halides is 3. The van der Waals surface area contributed by atoms with Crippen LogP contribution >= 0.6 is 0 Å². The van der Waals surface area contributed by atoms with Gasteiger partial charge >= 0.3 is 6.18 Å². The highest BCUT2D eigenvalue weighted by atomic mass is 19.4. The lowest BCUT2D eigenvalue weighted by atomic mass is 9.99. The molecule has 0 aliphatic carbocycles. The van der Waals surface area contributed by atoms with Gasteiger partial charge in [0, 0.05) is 24.3 Å². The third-order valence-corrected chi connectivity index (χ3v) is 3.62. The molecule has 2 atom stereocenters. The molecule has 106 valence electrons. The van der Waals surface area contributed by atoms with Gasteiger partial charge in [-0.2, -0.15) is 13.2 Å². The Morgan fingerprint density at radius 2 is 2.11 bits per heavy atom. The predicted molar refractivity (Wildman–Crippen MR) is 68.2 cm³/mol. The maximum absolute atomic E-state index is 12.7. The Bertz CT molecular complexity index is 439. The molecule has 1 heterocycles. The minimum absolute atomic E-state index is 0.102. The van der Waals surface area contributed by atoms with Crippen molar-refractivity contribution in [1.82, 2.24) is 0 Å². The molecule has 1 aliphatic rings. The van der Waals surface area contributed by atoms with Crippen molar-refractivity contribution in [3.8, 4) is 0 Å². The van der Waals surface area contributed by atoms with Crippen molar-refractivity contribution in [2.45, 2.75) is 32.5 Å². The topological polar surface area (TPSA) is 21.3 Å². The summed E-state index contributed by atoms with van der Waals surface area (Å²) in [7, 11) is 0. The fraction of sp³-hybridized carbons (Fsp3) is 0.571. The monoisotopic (exact) mass is 273 g/mol. The molecule has 1 fully saturated rings. The van der Waals surface area contributed by atoms with Crippen LogP contribution in [0.3, 0.4) is 0 Å². The normalized spacial score (nSPS) is 21.4. The molecule has 1 aromatic carbocycles. The summed E-state index contributed by atoms with van der Waals surface area (Å²) in [6.07, 6.45) is -3.35. The van der Waals surface area contributed by atoms with Gasteiger partial charge in [-0.25, -0.2) is 0 Å². The third kappa shape index (κ3) is 3.41. The summed E-state index contributed by atoms with van der Waals surface area (Å²) in [5.74, 6) is 0.356. The number of ether oxygens (including phenoxy) is 1. The molecule has 19 heavy (non-hydrogen) atoms. The minimum Gasteiger partial charge on any atom is -0.382 e. The summed E-state index contributed by atoms with van der Waals surface area (Å²) >= 11 is 0. The maximum atomic E-state index is 12.7. The van der Waals surface area contributed by atoms with Crippen LogP contribution in [0, 0.1) is 12.8 Å². The van der Waals surface area contributed by atoms with E-state index in [1.165, 1.54) is 12.1 Å². The van der Waals surface area contributed by atoms with Crippen molar-refractivity contribution >= 4 is 5.69 Å². The second kappa shape index (κ2) is 5.41. The molecule has 0 aromatic heterocycles. The summed E-state index contributed by atoms with van der Waals surface area (Å²) in [5, 5.41) is 3.18. The van der Waals surface area contributed by atoms with Gasteiger partial charge in [-0.05, 0) is 38.0 Å². The Balaban J connectivity index is 2.14. The number of aryl methyl sites for hydroxylation is 1. The number of anilines is 1. The molecule has 2 unspecified atom stereocenters. The highest BCUT2D eigenvalue weighted by Crippen LogP contribution is 2.32. The Labute approximate surface area is 111 Å². The van der Waals surface area contributed by atoms with Crippen molar-refractivity contribution in [2.75, 3.05) is 18.5 Å². The van der Waals surface area contributed by atoms with Crippen LogP contribution < -0.4 is 5.32 Å². The fourth-order valence-electron chi connectivity index (χ4n) is 2.26. The van der Waals surface area contributed by atoms with E-state index in [0.717, 1.165) is 24.7 Å². The van der Waals surface area contributed by atoms with E-state index < -0.39 is 11.7 Å². The van der Waals surface area contributed by atoms with E-state index in [-0.39, 0.29) is 6.04 Å². The van der Waals surface area contributed by atoms with Gasteiger partial charge in [0.25, 0.3) is 0 Å². The van der Waals surface area contributed by atoms with Gasteiger partial charge in [-0.3, -0.25) is 0 Å². The fourth-order valence-corrected chi connectivity index (χ4v) is 2.26. The standard InChI is InChI=1S/C14H18F3NO/c1-9-3-4-12(14(15,16)17)7-13(9)18-10(2)11-5-6-19-8-11/h3-4,7,10-11,18H,5-6,8H2,1-2H3. The molecule has 1 aliphatic heterocycles. The van der Waals surface area contributed by atoms with Crippen molar-refractivity contribution in [3.63, 3.8) is 0 Å². The summed E-state index contributed by atoms with van der Waals surface area (Å²) < 4.78 is 43.4. The van der Waals surface area contributed by atoms with E-state index >= 15 is 0 Å². The first kappa shape index (κ1) is 14.2. The lowest BCUT2D eigenvalue weighted by Crippen LogP contribution is -2.26. The van der Waals surface area contributed by atoms with Crippen molar-refractivity contribution in [1.29, 1.82) is 0 Å². The molecule has 1 aromatic rings. The molecule has 0 amide bonds. The maximum Gasteiger partial charge on any atom is 0.416 e. The van der Waals surface area contributed by atoms with Gasteiger partial charge in [0.15, 0.2) is 0 Å². The average Bonchev–Trinajstić information content (AvgIpc) is 2.84. The number of benzene rings is 1. The zero-order chi connectivity index (χ0) is 14.0. The summed E-state index contributed by atoms with van der Waals surface area (Å²) in [6.45, 7) is 5.20. The van der Waals surface area contributed by atoms with Crippen molar-refractivity contribution in [3.05, 3.63) is 29.3 Å². The predicted octanol–water partition coefficient (Wildman–Crippen LogP) is 3.85. The Morgan fingerprint density at radius 1 is 1.37 bits per heavy atom. The smallest absolute Gasteiger partial charge is 0.382 e. The average molecular weight is 273 g/mol. The van der Waals surface area contributed by atoms with Gasteiger partial charge in [-0.15, -0.1) is 0 Å². The Hall–Kier alpha value is -1.23. The first-order valence-corrected chi connectivity index (χ1v) is 6.40. The minimum atomic E-state index is -4.30. The number of hydrogen-bond donors (Lipinski definition) is 1. The summed E-state index contributed by atoms with van der Waals surface area (Å²) in [6, 6.07) is 3.90. The molecular formula is C14H18F3NO. The molecule has 5 heteroatoms. The van der Waals surface area contributed by atoms with Gasteiger partial charge in [-0.1, -0.05) is 6.07 Å². The van der Waals surface area contributed by atoms with E-state index in [9.17, 15) is 13.2 Å². The number of rotatable bonds is 3. The van der Waals surface area contributed by atoms with Gasteiger partial charge in [0.05, 0.1) is 12.2 Å². The van der Waals surface area contributed by atoms with E-state index in [0.29, 0.717) is 18.2 Å². The Kier molecular flexibility index (Phi) is 4.04. The molecule has 0 bridgehead atoms. The van der Waals surface area contributed by atoms with Crippen LogP contribution in [0.25, 0.3) is 0 Å². The molecule has 0 radical (unpaired) electrons. The van der Waals surface area contributed by atoms with Gasteiger partial charge in [0.2, 0.25) is 0 Å². The SMILES string of the molecule is Cc1ccc(C(F)(F)F)cc1NC(C)C1CCOC1. The van der Waals surface area contributed by atoms with Crippen LogP contribution in [0.5, 0.6) is 0 Å². The van der Waals surface area contributed by atoms with Crippen LogP contribution in [0.1, 0.15) is 24.5 Å². The zero-order valence-electron chi connectivity index (χ0n) is 11.1. The number of halogens is 3. The van der Waals surface area contributed by atoms with Crippen LogP contribution in [0.4, 0.5) is 18.9 Å². The molecule has 1 N–H and O–H groups in total. The van der Waals surface area contributed by atoms with Crippen LogP contribution in [-0.2, 0) is 10.9 Å². The first-order valence-electron chi connectivity index (χ1n) is 6.40. The number of hydrogen-bond acceptors (Lipinski definition) is 2. The molecule has 1 saturated heterocycles. The lowest BCUT2D eigenvalue weighted by Gasteiger charge is -2.22. The third-order valence-electron chi connectivity index (χ3n) is 3.62.